The van der Waals surface area contributed by atoms with E-state index in [4.69, 9.17) is 0 Å². The highest BCUT2D eigenvalue weighted by Gasteiger charge is 2.43. The number of ketones is 1. The first kappa shape index (κ1) is 12.4. The molecular formula is C12H13FO3. The van der Waals surface area contributed by atoms with Gasteiger partial charge in [0.15, 0.2) is 0 Å². The maximum Gasteiger partial charge on any atom is 0.378 e. The van der Waals surface area contributed by atoms with Crippen LogP contribution in [0.2, 0.25) is 0 Å². The van der Waals surface area contributed by atoms with Crippen LogP contribution in [-0.4, -0.2) is 18.9 Å². The molecule has 1 rings (SSSR count). The third kappa shape index (κ3) is 2.10. The standard InChI is InChI=1S/C12H13FO3/c1-3-12(13,10(14)11(15)16-2)9-7-5-4-6-8-9/h4-8H,3H2,1-2H3. The van der Waals surface area contributed by atoms with Gasteiger partial charge in [-0.25, -0.2) is 9.18 Å². The molecule has 1 aromatic carbocycles. The van der Waals surface area contributed by atoms with E-state index >= 15 is 0 Å². The summed E-state index contributed by atoms with van der Waals surface area (Å²) >= 11 is 0. The van der Waals surface area contributed by atoms with Gasteiger partial charge in [0.2, 0.25) is 5.67 Å². The SMILES string of the molecule is CCC(F)(C(=O)C(=O)OC)c1ccccc1. The second kappa shape index (κ2) is 4.88. The van der Waals surface area contributed by atoms with E-state index in [0.717, 1.165) is 7.11 Å². The highest BCUT2D eigenvalue weighted by molar-refractivity contribution is 6.36. The lowest BCUT2D eigenvalue weighted by molar-refractivity contribution is -0.158. The predicted molar refractivity (Wildman–Crippen MR) is 56.5 cm³/mol. The van der Waals surface area contributed by atoms with E-state index in [0.29, 0.717) is 0 Å². The Morgan fingerprint density at radius 2 is 1.88 bits per heavy atom. The Hall–Kier alpha value is -1.71. The van der Waals surface area contributed by atoms with Crippen LogP contribution in [0, 0.1) is 0 Å². The number of carbonyl (C=O) groups is 2. The van der Waals surface area contributed by atoms with E-state index in [1.165, 1.54) is 19.1 Å². The summed E-state index contributed by atoms with van der Waals surface area (Å²) in [5.74, 6) is -2.32. The molecule has 1 atom stereocenters. The van der Waals surface area contributed by atoms with Crippen LogP contribution in [0.4, 0.5) is 4.39 Å². The summed E-state index contributed by atoms with van der Waals surface area (Å²) in [6, 6.07) is 7.89. The molecule has 86 valence electrons. The number of Topliss-reactive ketones (excluding diaryl/α,β-unsaturated/α-hetero) is 1. The Kier molecular flexibility index (Phi) is 3.77. The number of ether oxygens (including phenoxy) is 1. The van der Waals surface area contributed by atoms with Gasteiger partial charge < -0.3 is 4.74 Å². The number of methoxy groups -OCH3 is 1. The van der Waals surface area contributed by atoms with Gasteiger partial charge in [0, 0.05) is 0 Å². The minimum Gasteiger partial charge on any atom is -0.463 e. The quantitative estimate of drug-likeness (QED) is 0.580. The molecule has 0 bridgehead atoms. The molecule has 0 N–H and O–H groups in total. The molecule has 0 heterocycles. The first-order valence-electron chi connectivity index (χ1n) is 4.93. The second-order valence-electron chi connectivity index (χ2n) is 3.34. The fourth-order valence-corrected chi connectivity index (χ4v) is 1.45. The van der Waals surface area contributed by atoms with Crippen molar-refractivity contribution in [2.24, 2.45) is 0 Å². The van der Waals surface area contributed by atoms with Crippen molar-refractivity contribution in [3.63, 3.8) is 0 Å². The van der Waals surface area contributed by atoms with E-state index < -0.39 is 17.4 Å². The number of hydrogen-bond donors (Lipinski definition) is 0. The second-order valence-corrected chi connectivity index (χ2v) is 3.34. The van der Waals surface area contributed by atoms with Crippen LogP contribution in [-0.2, 0) is 20.0 Å². The maximum atomic E-state index is 14.4. The zero-order valence-corrected chi connectivity index (χ0v) is 9.20. The minimum atomic E-state index is -2.30. The molecule has 3 nitrogen and oxygen atoms in total. The molecule has 0 saturated heterocycles. The van der Waals surface area contributed by atoms with E-state index in [1.54, 1.807) is 18.2 Å². The Labute approximate surface area is 93.2 Å². The number of rotatable bonds is 4. The first-order valence-corrected chi connectivity index (χ1v) is 4.93. The molecule has 0 aliphatic rings. The molecule has 0 radical (unpaired) electrons. The van der Waals surface area contributed by atoms with Gasteiger partial charge in [-0.15, -0.1) is 0 Å². The molecule has 0 spiro atoms. The van der Waals surface area contributed by atoms with Crippen molar-refractivity contribution in [3.8, 4) is 0 Å². The summed E-state index contributed by atoms with van der Waals surface area (Å²) in [6.07, 6.45) is -0.106. The summed E-state index contributed by atoms with van der Waals surface area (Å²) in [7, 11) is 1.06. The van der Waals surface area contributed by atoms with Crippen molar-refractivity contribution >= 4 is 11.8 Å². The number of benzene rings is 1. The first-order chi connectivity index (χ1) is 7.56. The Morgan fingerprint density at radius 3 is 2.31 bits per heavy atom. The molecule has 1 aromatic rings. The molecule has 0 fully saturated rings. The molecule has 0 amide bonds. The zero-order chi connectivity index (χ0) is 12.2. The summed E-state index contributed by atoms with van der Waals surface area (Å²) in [5.41, 5.74) is -2.12. The van der Waals surface area contributed by atoms with Gasteiger partial charge in [0.25, 0.3) is 5.78 Å². The normalized spacial score (nSPS) is 13.9. The number of alkyl halides is 1. The van der Waals surface area contributed by atoms with Crippen LogP contribution in [0.1, 0.15) is 18.9 Å². The highest BCUT2D eigenvalue weighted by Crippen LogP contribution is 2.31. The predicted octanol–water partition coefficient (Wildman–Crippen LogP) is 2.00. The Morgan fingerprint density at radius 1 is 1.31 bits per heavy atom. The van der Waals surface area contributed by atoms with Gasteiger partial charge in [-0.2, -0.15) is 0 Å². The fraction of sp³-hybridized carbons (Fsp3) is 0.333. The van der Waals surface area contributed by atoms with Gasteiger partial charge >= 0.3 is 5.97 Å². The van der Waals surface area contributed by atoms with Crippen LogP contribution in [0.15, 0.2) is 30.3 Å². The third-order valence-electron chi connectivity index (χ3n) is 2.45. The van der Waals surface area contributed by atoms with Gasteiger partial charge in [0.05, 0.1) is 7.11 Å². The van der Waals surface area contributed by atoms with Crippen LogP contribution >= 0.6 is 0 Å². The summed E-state index contributed by atoms with van der Waals surface area (Å²) < 4.78 is 18.7. The fourth-order valence-electron chi connectivity index (χ4n) is 1.45. The molecule has 0 aliphatic heterocycles. The molecule has 1 unspecified atom stereocenters. The topological polar surface area (TPSA) is 43.4 Å². The smallest absolute Gasteiger partial charge is 0.378 e. The van der Waals surface area contributed by atoms with E-state index in [9.17, 15) is 14.0 Å². The Bertz CT molecular complexity index is 389. The van der Waals surface area contributed by atoms with Crippen LogP contribution in [0.25, 0.3) is 0 Å². The molecule has 0 aliphatic carbocycles. The highest BCUT2D eigenvalue weighted by atomic mass is 19.1. The zero-order valence-electron chi connectivity index (χ0n) is 9.20. The minimum absolute atomic E-state index is 0.106. The van der Waals surface area contributed by atoms with Gasteiger partial charge in [-0.05, 0) is 12.0 Å². The van der Waals surface area contributed by atoms with Gasteiger partial charge in [0.1, 0.15) is 0 Å². The van der Waals surface area contributed by atoms with Crippen molar-refractivity contribution < 1.29 is 18.7 Å². The lowest BCUT2D eigenvalue weighted by Gasteiger charge is -2.21. The summed E-state index contributed by atoms with van der Waals surface area (Å²) in [5, 5.41) is 0. The number of carbonyl (C=O) groups excluding carboxylic acids is 2. The molecule has 16 heavy (non-hydrogen) atoms. The Balaban J connectivity index is 3.13. The van der Waals surface area contributed by atoms with Gasteiger partial charge in [-0.1, -0.05) is 37.3 Å². The lowest BCUT2D eigenvalue weighted by Crippen LogP contribution is -2.36. The van der Waals surface area contributed by atoms with E-state index in [1.807, 2.05) is 0 Å². The maximum absolute atomic E-state index is 14.4. The molecule has 0 aromatic heterocycles. The summed E-state index contributed by atoms with van der Waals surface area (Å²) in [6.45, 7) is 1.51. The van der Waals surface area contributed by atoms with Crippen LogP contribution in [0.5, 0.6) is 0 Å². The lowest BCUT2D eigenvalue weighted by atomic mass is 9.89. The molecule has 0 saturated carbocycles. The van der Waals surface area contributed by atoms with Crippen LogP contribution < -0.4 is 0 Å². The van der Waals surface area contributed by atoms with Crippen molar-refractivity contribution in [1.82, 2.24) is 0 Å². The molecular weight excluding hydrogens is 211 g/mol. The van der Waals surface area contributed by atoms with Crippen molar-refractivity contribution in [2.75, 3.05) is 7.11 Å². The van der Waals surface area contributed by atoms with Crippen molar-refractivity contribution in [1.29, 1.82) is 0 Å². The third-order valence-corrected chi connectivity index (χ3v) is 2.45. The van der Waals surface area contributed by atoms with Crippen LogP contribution in [0.3, 0.4) is 0 Å². The number of halogens is 1. The largest absolute Gasteiger partial charge is 0.463 e. The van der Waals surface area contributed by atoms with E-state index in [2.05, 4.69) is 4.74 Å². The van der Waals surface area contributed by atoms with E-state index in [-0.39, 0.29) is 12.0 Å². The van der Waals surface area contributed by atoms with Gasteiger partial charge in [-0.3, -0.25) is 4.79 Å². The summed E-state index contributed by atoms with van der Waals surface area (Å²) in [4.78, 5) is 22.7. The number of hydrogen-bond acceptors (Lipinski definition) is 3. The average molecular weight is 224 g/mol. The monoisotopic (exact) mass is 224 g/mol. The molecule has 4 heteroatoms. The van der Waals surface area contributed by atoms with Crippen molar-refractivity contribution in [2.45, 2.75) is 19.0 Å². The average Bonchev–Trinajstić information content (AvgIpc) is 2.37. The number of esters is 1. The van der Waals surface area contributed by atoms with Crippen molar-refractivity contribution in [3.05, 3.63) is 35.9 Å².